The Bertz CT molecular complexity index is 1330. The van der Waals surface area contributed by atoms with Gasteiger partial charge in [-0.15, -0.1) is 11.6 Å². The molecule has 0 atom stereocenters. The van der Waals surface area contributed by atoms with E-state index >= 15 is 0 Å². The highest BCUT2D eigenvalue weighted by atomic mass is 79.9. The fraction of sp³-hybridized carbons (Fsp3) is 0.429. The van der Waals surface area contributed by atoms with Gasteiger partial charge in [0.05, 0.1) is 31.8 Å². The summed E-state index contributed by atoms with van der Waals surface area (Å²) in [7, 11) is 1.37. The molecule has 0 spiro atoms. The van der Waals surface area contributed by atoms with Gasteiger partial charge in [-0.2, -0.15) is 5.26 Å². The van der Waals surface area contributed by atoms with Crippen LogP contribution in [-0.4, -0.2) is 18.2 Å². The molecule has 0 radical (unpaired) electrons. The second kappa shape index (κ2) is 92.2. The van der Waals surface area contributed by atoms with E-state index in [4.69, 9.17) is 22.0 Å². The fourth-order valence-electron chi connectivity index (χ4n) is 2.94. The van der Waals surface area contributed by atoms with Crippen molar-refractivity contribution in [2.75, 3.05) is 7.11 Å². The number of nitriles is 1. The summed E-state index contributed by atoms with van der Waals surface area (Å²) in [5.74, 6) is 0.321. The summed E-state index contributed by atoms with van der Waals surface area (Å²) in [6.07, 6.45) is 0.515. The van der Waals surface area contributed by atoms with E-state index in [2.05, 4.69) is 26.7 Å². The maximum absolute atomic E-state index is 10.8. The first kappa shape index (κ1) is 102. The summed E-state index contributed by atoms with van der Waals surface area (Å²) in [5.41, 5.74) is 3.81. The monoisotopic (exact) mass is 954 g/mol. The van der Waals surface area contributed by atoms with Gasteiger partial charge in [0, 0.05) is 10.4 Å². The first-order valence-corrected chi connectivity index (χ1v) is 19.4. The van der Waals surface area contributed by atoms with Crippen LogP contribution in [0.5, 0.6) is 0 Å². The van der Waals surface area contributed by atoms with Crippen LogP contribution in [0.3, 0.4) is 0 Å². The van der Waals surface area contributed by atoms with Crippen LogP contribution in [0.1, 0.15) is 171 Å². The van der Waals surface area contributed by atoms with Crippen LogP contribution in [0.25, 0.3) is 0 Å². The summed E-state index contributed by atoms with van der Waals surface area (Å²) >= 11 is 8.84. The third kappa shape index (κ3) is 70.4. The number of nitrogens with zero attached hydrogens (tertiary/aromatic N) is 1. The molecule has 0 aliphatic rings. The summed E-state index contributed by atoms with van der Waals surface area (Å²) < 4.78 is 5.63. The number of halogens is 2. The van der Waals surface area contributed by atoms with Crippen LogP contribution in [0.2, 0.25) is 0 Å². The van der Waals surface area contributed by atoms with Crippen molar-refractivity contribution in [2.45, 2.75) is 162 Å². The third-order valence-corrected chi connectivity index (χ3v) is 5.91. The van der Waals surface area contributed by atoms with Crippen LogP contribution in [0, 0.1) is 11.3 Å². The second-order valence-corrected chi connectivity index (χ2v) is 9.42. The molecule has 0 amide bonds. The number of aliphatic hydroxyl groups excluding tert-OH is 1. The van der Waals surface area contributed by atoms with E-state index in [1.54, 1.807) is 24.3 Å². The Morgan fingerprint density at radius 2 is 0.758 bits per heavy atom. The molecular formula is C56H105BrClNO3. The summed E-state index contributed by atoms with van der Waals surface area (Å²) in [6, 6.07) is 50.1. The predicted molar refractivity (Wildman–Crippen MR) is 300 cm³/mol. The van der Waals surface area contributed by atoms with Gasteiger partial charge in [0.2, 0.25) is 0 Å². The topological polar surface area (TPSA) is 70.3 Å². The van der Waals surface area contributed by atoms with Crippen molar-refractivity contribution in [3.05, 3.63) is 178 Å². The first-order chi connectivity index (χ1) is 25.5. The molecule has 0 heterocycles. The molecule has 0 saturated heterocycles. The summed E-state index contributed by atoms with van der Waals surface area (Å²) in [4.78, 5) is 10.8. The number of rotatable bonds is 4. The van der Waals surface area contributed by atoms with Crippen LogP contribution in [0.4, 0.5) is 0 Å². The van der Waals surface area contributed by atoms with E-state index in [1.807, 2.05) is 197 Å². The zero-order valence-electron chi connectivity index (χ0n) is 33.5. The number of alkyl halides is 1. The van der Waals surface area contributed by atoms with E-state index in [9.17, 15) is 4.79 Å². The van der Waals surface area contributed by atoms with E-state index < -0.39 is 0 Å². The average molecular weight is 956 g/mol. The van der Waals surface area contributed by atoms with Crippen molar-refractivity contribution < 1.29 is 14.6 Å². The Morgan fingerprint density at radius 3 is 0.952 bits per heavy atom. The zero-order chi connectivity index (χ0) is 40.7. The van der Waals surface area contributed by atoms with Gasteiger partial charge in [-0.3, -0.25) is 0 Å². The SMILES string of the molecule is Brc1ccccc1.C.C.C.C.C.C.C.C.C.C.CC.CC.CC.CC.CC.COC(=O)c1ccccc1.ClCc1ccccc1.N#CCc1ccccc1.OCc1ccccc1. The number of carbonyl (C=O) groups excluding carboxylic acids is 1. The molecule has 0 saturated carbocycles. The molecule has 0 unspecified atom stereocenters. The molecule has 5 aromatic rings. The van der Waals surface area contributed by atoms with Crippen molar-refractivity contribution in [2.24, 2.45) is 0 Å². The number of esters is 1. The molecule has 4 nitrogen and oxygen atoms in total. The lowest BCUT2D eigenvalue weighted by Gasteiger charge is -1.95. The molecule has 1 N–H and O–H groups in total. The normalized spacial score (nSPS) is 6.47. The van der Waals surface area contributed by atoms with Gasteiger partial charge in [-0.1, -0.05) is 287 Å². The fourth-order valence-corrected chi connectivity index (χ4v) is 3.43. The molecule has 366 valence electrons. The van der Waals surface area contributed by atoms with Crippen LogP contribution < -0.4 is 0 Å². The molecule has 5 rings (SSSR count). The minimum Gasteiger partial charge on any atom is -0.465 e. The minimum atomic E-state index is -0.291. The van der Waals surface area contributed by atoms with Gasteiger partial charge in [0.1, 0.15) is 0 Å². The second-order valence-electron chi connectivity index (χ2n) is 8.24. The molecule has 62 heavy (non-hydrogen) atoms. The average Bonchev–Trinajstić information content (AvgIpc) is 3.27. The lowest BCUT2D eigenvalue weighted by Crippen LogP contribution is -1.99. The maximum Gasteiger partial charge on any atom is 0.337 e. The number of benzene rings is 5. The maximum atomic E-state index is 10.8. The summed E-state index contributed by atoms with van der Waals surface area (Å²) in [6.45, 7) is 20.1. The number of hydrogen-bond donors (Lipinski definition) is 1. The molecule has 0 aromatic heterocycles. The highest BCUT2D eigenvalue weighted by Crippen LogP contribution is 2.05. The number of aliphatic hydroxyl groups is 1. The van der Waals surface area contributed by atoms with Crippen molar-refractivity contribution in [1.29, 1.82) is 5.26 Å². The number of hydrogen-bond acceptors (Lipinski definition) is 4. The highest BCUT2D eigenvalue weighted by molar-refractivity contribution is 9.10. The van der Waals surface area contributed by atoms with Crippen LogP contribution >= 0.6 is 27.5 Å². The van der Waals surface area contributed by atoms with E-state index in [-0.39, 0.29) is 86.8 Å². The first-order valence-electron chi connectivity index (χ1n) is 18.0. The van der Waals surface area contributed by atoms with Crippen molar-refractivity contribution >= 4 is 33.5 Å². The van der Waals surface area contributed by atoms with Crippen LogP contribution in [-0.2, 0) is 23.6 Å². The molecule has 0 fully saturated rings. The molecule has 0 bridgehead atoms. The van der Waals surface area contributed by atoms with Crippen molar-refractivity contribution in [3.63, 3.8) is 0 Å². The standard InChI is InChI=1S/C8H7N.C8H8O2.C7H7Cl.C7H8O.C6H5Br.5C2H6.10CH4/c9-7-6-8-4-2-1-3-5-8;1-10-8(9)7-5-3-2-4-6-7;2*8-6-7-4-2-1-3-5-7;7-6-4-2-1-3-5-6;5*1-2;;;;;;;;;;/h1-5H,6H2;2-6H,1H3;1-5H,6H2;1-5,8H,6H2;1-5H;5*1-2H3;10*1H4. The van der Waals surface area contributed by atoms with Gasteiger partial charge in [-0.05, 0) is 41.0 Å². The number of ether oxygens (including phenoxy) is 1. The Balaban J connectivity index is -0.0000000314. The number of carbonyl (C=O) groups is 1. The molecular weight excluding hydrogens is 850 g/mol. The number of methoxy groups -OCH3 is 1. The lowest BCUT2D eigenvalue weighted by molar-refractivity contribution is 0.0600. The smallest absolute Gasteiger partial charge is 0.337 e. The van der Waals surface area contributed by atoms with Crippen molar-refractivity contribution in [1.82, 2.24) is 0 Å². The predicted octanol–water partition coefficient (Wildman–Crippen LogP) is 20.8. The van der Waals surface area contributed by atoms with Crippen molar-refractivity contribution in [3.8, 4) is 6.07 Å². The van der Waals surface area contributed by atoms with Gasteiger partial charge in [0.15, 0.2) is 0 Å². The van der Waals surface area contributed by atoms with E-state index in [0.717, 1.165) is 15.6 Å². The van der Waals surface area contributed by atoms with Gasteiger partial charge in [-0.25, -0.2) is 4.79 Å². The Labute approximate surface area is 405 Å². The minimum absolute atomic E-state index is 0. The molecule has 0 aliphatic heterocycles. The van der Waals surface area contributed by atoms with E-state index in [1.165, 1.54) is 12.7 Å². The highest BCUT2D eigenvalue weighted by Gasteiger charge is 2.00. The van der Waals surface area contributed by atoms with Gasteiger partial charge in [0.25, 0.3) is 0 Å². The van der Waals surface area contributed by atoms with Gasteiger partial charge < -0.3 is 9.84 Å². The zero-order valence-corrected chi connectivity index (χ0v) is 35.9. The Kier molecular flexibility index (Phi) is 151. The molecule has 6 heteroatoms. The Hall–Kier alpha value is -4.21. The lowest BCUT2D eigenvalue weighted by atomic mass is 10.2. The Morgan fingerprint density at radius 1 is 0.500 bits per heavy atom. The molecule has 5 aromatic carbocycles. The van der Waals surface area contributed by atoms with Gasteiger partial charge >= 0.3 is 5.97 Å². The van der Waals surface area contributed by atoms with E-state index in [0.29, 0.717) is 17.9 Å². The van der Waals surface area contributed by atoms with Crippen LogP contribution in [0.15, 0.2) is 156 Å². The largest absolute Gasteiger partial charge is 0.465 e. The quantitative estimate of drug-likeness (QED) is 0.144. The molecule has 0 aliphatic carbocycles. The third-order valence-electron chi connectivity index (χ3n) is 5.08. The summed E-state index contributed by atoms with van der Waals surface area (Å²) in [5, 5.41) is 16.8.